The second kappa shape index (κ2) is 6.94. The molecule has 3 heteroatoms. The Bertz CT molecular complexity index is 343. The molecule has 0 aromatic heterocycles. The van der Waals surface area contributed by atoms with Crippen LogP contribution in [0.15, 0.2) is 24.3 Å². The quantitative estimate of drug-likeness (QED) is 0.771. The average molecular weight is 236 g/mol. The third-order valence-electron chi connectivity index (χ3n) is 2.74. The molecule has 0 fully saturated rings. The van der Waals surface area contributed by atoms with Crippen LogP contribution in [0, 0.1) is 0 Å². The van der Waals surface area contributed by atoms with Crippen molar-refractivity contribution in [3.8, 4) is 5.75 Å². The monoisotopic (exact) mass is 236 g/mol. The summed E-state index contributed by atoms with van der Waals surface area (Å²) in [6.07, 6.45) is 2.13. The van der Waals surface area contributed by atoms with Gasteiger partial charge in [-0.25, -0.2) is 0 Å². The largest absolute Gasteiger partial charge is 0.508 e. The normalized spacial score (nSPS) is 12.1. The topological polar surface area (TPSA) is 46.5 Å². The van der Waals surface area contributed by atoms with Crippen molar-refractivity contribution in [2.24, 2.45) is 0 Å². The molecule has 1 rings (SSSR count). The van der Waals surface area contributed by atoms with Crippen molar-refractivity contribution in [1.82, 2.24) is 0 Å². The Balaban J connectivity index is 2.59. The van der Waals surface area contributed by atoms with Gasteiger partial charge in [-0.3, -0.25) is 4.79 Å². The van der Waals surface area contributed by atoms with Crippen LogP contribution in [0.1, 0.15) is 44.6 Å². The first-order valence-electron chi connectivity index (χ1n) is 6.11. The van der Waals surface area contributed by atoms with Gasteiger partial charge in [-0.1, -0.05) is 26.0 Å². The summed E-state index contributed by atoms with van der Waals surface area (Å²) in [6.45, 7) is 4.51. The van der Waals surface area contributed by atoms with Crippen molar-refractivity contribution < 1.29 is 14.6 Å². The molecule has 0 aliphatic carbocycles. The highest BCUT2D eigenvalue weighted by molar-refractivity contribution is 5.70. The second-order valence-corrected chi connectivity index (χ2v) is 4.12. The van der Waals surface area contributed by atoms with E-state index in [1.54, 1.807) is 12.1 Å². The van der Waals surface area contributed by atoms with Crippen molar-refractivity contribution in [2.75, 3.05) is 6.61 Å². The first kappa shape index (κ1) is 13.6. The number of phenols is 1. The van der Waals surface area contributed by atoms with Gasteiger partial charge in [0.1, 0.15) is 5.75 Å². The number of hydrogen-bond donors (Lipinski definition) is 1. The molecule has 0 bridgehead atoms. The third kappa shape index (κ3) is 4.47. The fourth-order valence-electron chi connectivity index (χ4n) is 1.72. The number of benzene rings is 1. The Morgan fingerprint density at radius 3 is 2.47 bits per heavy atom. The molecule has 0 aliphatic heterocycles. The number of carbonyl (C=O) groups excluding carboxylic acids is 1. The molecule has 0 saturated heterocycles. The van der Waals surface area contributed by atoms with Crippen molar-refractivity contribution in [3.05, 3.63) is 29.8 Å². The molecule has 0 amide bonds. The van der Waals surface area contributed by atoms with Crippen LogP contribution in [0.4, 0.5) is 0 Å². The molecular formula is C14H20O3. The van der Waals surface area contributed by atoms with Crippen LogP contribution in [0.25, 0.3) is 0 Å². The zero-order valence-electron chi connectivity index (χ0n) is 10.5. The minimum Gasteiger partial charge on any atom is -0.508 e. The summed E-state index contributed by atoms with van der Waals surface area (Å²) in [4.78, 5) is 11.5. The molecule has 1 atom stereocenters. The van der Waals surface area contributed by atoms with Crippen LogP contribution < -0.4 is 0 Å². The van der Waals surface area contributed by atoms with E-state index in [9.17, 15) is 9.90 Å². The minimum absolute atomic E-state index is 0.147. The highest BCUT2D eigenvalue weighted by Gasteiger charge is 2.15. The van der Waals surface area contributed by atoms with E-state index in [-0.39, 0.29) is 17.6 Å². The lowest BCUT2D eigenvalue weighted by molar-refractivity contribution is -0.144. The Morgan fingerprint density at radius 2 is 1.94 bits per heavy atom. The summed E-state index contributed by atoms with van der Waals surface area (Å²) >= 11 is 0. The summed E-state index contributed by atoms with van der Waals surface area (Å²) in [5, 5.41) is 9.22. The Kier molecular flexibility index (Phi) is 5.53. The summed E-state index contributed by atoms with van der Waals surface area (Å²) in [5.74, 6) is 0.267. The molecule has 1 aromatic rings. The highest BCUT2D eigenvalue weighted by Crippen LogP contribution is 2.25. The maximum Gasteiger partial charge on any atom is 0.306 e. The smallest absolute Gasteiger partial charge is 0.306 e. The van der Waals surface area contributed by atoms with E-state index in [0.29, 0.717) is 13.0 Å². The van der Waals surface area contributed by atoms with Crippen LogP contribution in [0.2, 0.25) is 0 Å². The van der Waals surface area contributed by atoms with Gasteiger partial charge in [0.2, 0.25) is 0 Å². The number of aromatic hydroxyl groups is 1. The third-order valence-corrected chi connectivity index (χ3v) is 2.74. The van der Waals surface area contributed by atoms with E-state index in [0.717, 1.165) is 18.4 Å². The number of carbonyl (C=O) groups is 1. The number of esters is 1. The van der Waals surface area contributed by atoms with Gasteiger partial charge in [-0.15, -0.1) is 0 Å². The number of phenolic OH excluding ortho intramolecular Hbond substituents is 1. The first-order chi connectivity index (χ1) is 8.17. The van der Waals surface area contributed by atoms with E-state index in [4.69, 9.17) is 4.74 Å². The average Bonchev–Trinajstić information content (AvgIpc) is 2.34. The van der Waals surface area contributed by atoms with Gasteiger partial charge < -0.3 is 9.84 Å². The van der Waals surface area contributed by atoms with Crippen LogP contribution in [-0.2, 0) is 9.53 Å². The van der Waals surface area contributed by atoms with Gasteiger partial charge in [0, 0.05) is 0 Å². The maximum atomic E-state index is 11.5. The maximum absolute atomic E-state index is 11.5. The summed E-state index contributed by atoms with van der Waals surface area (Å²) in [7, 11) is 0. The zero-order valence-corrected chi connectivity index (χ0v) is 10.5. The van der Waals surface area contributed by atoms with Crippen molar-refractivity contribution in [3.63, 3.8) is 0 Å². The molecule has 94 valence electrons. The molecule has 1 aromatic carbocycles. The lowest BCUT2D eigenvalue weighted by atomic mass is 9.93. The van der Waals surface area contributed by atoms with Crippen molar-refractivity contribution >= 4 is 5.97 Å². The Hall–Kier alpha value is -1.51. The minimum atomic E-state index is -0.147. The molecular weight excluding hydrogens is 216 g/mol. The fraction of sp³-hybridized carbons (Fsp3) is 0.500. The molecule has 0 saturated carbocycles. The Morgan fingerprint density at radius 1 is 1.29 bits per heavy atom. The molecule has 0 spiro atoms. The Labute approximate surface area is 102 Å². The predicted molar refractivity (Wildman–Crippen MR) is 67.0 cm³/mol. The first-order valence-corrected chi connectivity index (χ1v) is 6.11. The number of rotatable bonds is 6. The van der Waals surface area contributed by atoms with Crippen LogP contribution >= 0.6 is 0 Å². The van der Waals surface area contributed by atoms with E-state index in [2.05, 4.69) is 0 Å². The van der Waals surface area contributed by atoms with Crippen molar-refractivity contribution in [2.45, 2.75) is 39.0 Å². The summed E-state index contributed by atoms with van der Waals surface area (Å²) < 4.78 is 5.08. The van der Waals surface area contributed by atoms with Gasteiger partial charge in [0.25, 0.3) is 0 Å². The van der Waals surface area contributed by atoms with Gasteiger partial charge in [-0.2, -0.15) is 0 Å². The molecule has 0 aliphatic rings. The zero-order chi connectivity index (χ0) is 12.7. The molecule has 3 nitrogen and oxygen atoms in total. The number of ether oxygens (including phenoxy) is 1. The van der Waals surface area contributed by atoms with Gasteiger partial charge in [0.05, 0.1) is 13.0 Å². The highest BCUT2D eigenvalue weighted by atomic mass is 16.5. The molecule has 0 heterocycles. The summed E-state index contributed by atoms with van der Waals surface area (Å²) in [6, 6.07) is 7.01. The standard InChI is InChI=1S/C14H20O3/c1-3-9-17-14(16)10-11(4-2)12-5-7-13(15)8-6-12/h5-8,11,15H,3-4,9-10H2,1-2H3/t11-/m1/s1. The van der Waals surface area contributed by atoms with Crippen molar-refractivity contribution in [1.29, 1.82) is 0 Å². The van der Waals surface area contributed by atoms with E-state index in [1.165, 1.54) is 0 Å². The van der Waals surface area contributed by atoms with E-state index >= 15 is 0 Å². The SMILES string of the molecule is CCCOC(=O)C[C@@H](CC)c1ccc(O)cc1. The molecule has 1 N–H and O–H groups in total. The lowest BCUT2D eigenvalue weighted by Crippen LogP contribution is -2.10. The van der Waals surface area contributed by atoms with Gasteiger partial charge in [-0.05, 0) is 36.5 Å². The second-order valence-electron chi connectivity index (χ2n) is 4.12. The predicted octanol–water partition coefficient (Wildman–Crippen LogP) is 3.23. The van der Waals surface area contributed by atoms with Gasteiger partial charge in [0.15, 0.2) is 0 Å². The molecule has 0 radical (unpaired) electrons. The van der Waals surface area contributed by atoms with Crippen LogP contribution in [0.3, 0.4) is 0 Å². The lowest BCUT2D eigenvalue weighted by Gasteiger charge is -2.14. The van der Waals surface area contributed by atoms with E-state index < -0.39 is 0 Å². The van der Waals surface area contributed by atoms with Crippen LogP contribution in [-0.4, -0.2) is 17.7 Å². The van der Waals surface area contributed by atoms with E-state index in [1.807, 2.05) is 26.0 Å². The number of hydrogen-bond acceptors (Lipinski definition) is 3. The van der Waals surface area contributed by atoms with Crippen LogP contribution in [0.5, 0.6) is 5.75 Å². The summed E-state index contributed by atoms with van der Waals surface area (Å²) in [5.41, 5.74) is 1.07. The fourth-order valence-corrected chi connectivity index (χ4v) is 1.72. The molecule has 17 heavy (non-hydrogen) atoms. The van der Waals surface area contributed by atoms with Gasteiger partial charge >= 0.3 is 5.97 Å². The molecule has 0 unspecified atom stereocenters.